The number of aromatic nitrogens is 4. The van der Waals surface area contributed by atoms with Gasteiger partial charge in [0, 0.05) is 39.6 Å². The van der Waals surface area contributed by atoms with Crippen LogP contribution >= 0.6 is 23.2 Å². The average Bonchev–Trinajstić information content (AvgIpc) is 3.62. The number of aliphatic hydroxyl groups is 1. The molecule has 11 heteroatoms. The first kappa shape index (κ1) is 29.4. The lowest BCUT2D eigenvalue weighted by Crippen LogP contribution is -2.42. The van der Waals surface area contributed by atoms with Crippen molar-refractivity contribution in [2.75, 3.05) is 13.2 Å². The van der Waals surface area contributed by atoms with Crippen molar-refractivity contribution < 1.29 is 19.4 Å². The lowest BCUT2D eigenvalue weighted by molar-refractivity contribution is 0.102. The number of carbonyl (C=O) groups is 1. The van der Waals surface area contributed by atoms with Crippen LogP contribution in [0.5, 0.6) is 5.75 Å². The molecular weight excluding hydrogens is 577 g/mol. The van der Waals surface area contributed by atoms with Gasteiger partial charge >= 0.3 is 6.09 Å². The second-order valence-corrected chi connectivity index (χ2v) is 10.8. The Morgan fingerprint density at radius 3 is 2.74 bits per heavy atom. The normalized spacial score (nSPS) is 16.0. The molecule has 42 heavy (non-hydrogen) atoms. The van der Waals surface area contributed by atoms with Gasteiger partial charge in [0.2, 0.25) is 0 Å². The molecule has 4 aromatic rings. The highest BCUT2D eigenvalue weighted by atomic mass is 35.5. The average molecular weight is 609 g/mol. The summed E-state index contributed by atoms with van der Waals surface area (Å²) >= 11 is 12.3. The van der Waals surface area contributed by atoms with Gasteiger partial charge in [-0.15, -0.1) is 0 Å². The number of fused-ring (bicyclic) bond motifs is 3. The van der Waals surface area contributed by atoms with Crippen LogP contribution in [0.4, 0.5) is 4.79 Å². The van der Waals surface area contributed by atoms with Crippen molar-refractivity contribution in [2.45, 2.75) is 38.5 Å². The summed E-state index contributed by atoms with van der Waals surface area (Å²) in [7, 11) is 0. The van der Waals surface area contributed by atoms with E-state index in [4.69, 9.17) is 32.7 Å². The number of amides is 1. The Morgan fingerprint density at radius 1 is 1.21 bits per heavy atom. The van der Waals surface area contributed by atoms with E-state index in [1.807, 2.05) is 43.4 Å². The van der Waals surface area contributed by atoms with Crippen molar-refractivity contribution in [3.8, 4) is 5.75 Å². The molecule has 5 rings (SSSR count). The minimum atomic E-state index is -0.625. The summed E-state index contributed by atoms with van der Waals surface area (Å²) in [5, 5.41) is 16.5. The van der Waals surface area contributed by atoms with Gasteiger partial charge in [-0.1, -0.05) is 35.9 Å². The minimum absolute atomic E-state index is 0.308. The summed E-state index contributed by atoms with van der Waals surface area (Å²) in [4.78, 5) is 22.5. The van der Waals surface area contributed by atoms with E-state index in [1.165, 1.54) is 6.33 Å². The molecule has 2 atom stereocenters. The number of nitrogens with one attached hydrogen (secondary N) is 1. The van der Waals surface area contributed by atoms with E-state index in [-0.39, 0.29) is 0 Å². The predicted molar refractivity (Wildman–Crippen MR) is 163 cm³/mol. The summed E-state index contributed by atoms with van der Waals surface area (Å²) in [6.45, 7) is 7.27. The Bertz CT molecular complexity index is 1610. The van der Waals surface area contributed by atoms with Crippen LogP contribution in [0, 0.1) is 0 Å². The van der Waals surface area contributed by atoms with Crippen LogP contribution in [0.1, 0.15) is 30.6 Å². The quantitative estimate of drug-likeness (QED) is 0.154. The van der Waals surface area contributed by atoms with Gasteiger partial charge < -0.3 is 19.6 Å². The highest BCUT2D eigenvalue weighted by Gasteiger charge is 2.35. The number of H-pyrrole nitrogens is 1. The van der Waals surface area contributed by atoms with Crippen molar-refractivity contribution in [3.63, 3.8) is 0 Å². The fraction of sp³-hybridized carbons (Fsp3) is 0.258. The molecule has 218 valence electrons. The van der Waals surface area contributed by atoms with Gasteiger partial charge in [0.1, 0.15) is 30.2 Å². The highest BCUT2D eigenvalue weighted by Crippen LogP contribution is 2.39. The van der Waals surface area contributed by atoms with Gasteiger partial charge in [0.25, 0.3) is 0 Å². The van der Waals surface area contributed by atoms with Crippen LogP contribution in [-0.4, -0.2) is 55.1 Å². The molecular formula is C31H31Cl2N5O4. The summed E-state index contributed by atoms with van der Waals surface area (Å²) in [5.74, 6) is 1.01. The fourth-order valence-corrected chi connectivity index (χ4v) is 5.26. The summed E-state index contributed by atoms with van der Waals surface area (Å²) in [6.07, 6.45) is 8.38. The predicted octanol–water partition coefficient (Wildman–Crippen LogP) is 6.65. The van der Waals surface area contributed by atoms with Gasteiger partial charge in [-0.05, 0) is 79.1 Å². The van der Waals surface area contributed by atoms with E-state index in [0.717, 1.165) is 22.2 Å². The number of hydrogen-bond donors (Lipinski definition) is 2. The van der Waals surface area contributed by atoms with Crippen molar-refractivity contribution in [1.82, 2.24) is 24.6 Å². The van der Waals surface area contributed by atoms with E-state index in [0.29, 0.717) is 59.7 Å². The second-order valence-electron chi connectivity index (χ2n) is 9.88. The number of hydrogen-bond acceptors (Lipinski definition) is 6. The van der Waals surface area contributed by atoms with E-state index >= 15 is 0 Å². The third kappa shape index (κ3) is 6.87. The molecule has 1 unspecified atom stereocenters. The summed E-state index contributed by atoms with van der Waals surface area (Å²) < 4.78 is 13.2. The Kier molecular flexibility index (Phi) is 9.31. The molecule has 0 saturated heterocycles. The third-order valence-corrected chi connectivity index (χ3v) is 7.51. The molecule has 1 aliphatic rings. The molecule has 1 aliphatic heterocycles. The van der Waals surface area contributed by atoms with Crippen molar-refractivity contribution >= 4 is 40.2 Å². The molecule has 0 aliphatic carbocycles. The van der Waals surface area contributed by atoms with E-state index in [2.05, 4.69) is 21.6 Å². The highest BCUT2D eigenvalue weighted by molar-refractivity contribution is 6.31. The van der Waals surface area contributed by atoms with E-state index < -0.39 is 18.2 Å². The Hall–Kier alpha value is -4.05. The lowest BCUT2D eigenvalue weighted by Gasteiger charge is -2.35. The smallest absolute Gasteiger partial charge is 0.416 e. The van der Waals surface area contributed by atoms with Gasteiger partial charge in [-0.25, -0.2) is 9.78 Å². The molecule has 0 bridgehead atoms. The van der Waals surface area contributed by atoms with Crippen LogP contribution < -0.4 is 4.74 Å². The molecule has 0 saturated carbocycles. The number of rotatable bonds is 10. The molecule has 0 fully saturated rings. The van der Waals surface area contributed by atoms with Gasteiger partial charge in [0.15, 0.2) is 0 Å². The number of benzene rings is 2. The maximum absolute atomic E-state index is 13.5. The van der Waals surface area contributed by atoms with Crippen LogP contribution in [0.25, 0.3) is 10.9 Å². The number of allylic oxidation sites excluding steroid dienone is 2. The third-order valence-electron chi connectivity index (χ3n) is 7.02. The standard InChI is InChI=1S/C31H31Cl2N5O4/c1-3-24(41-15-13-23(39)17-37-19-34-18-35-37)8-4-20(2)30-29-26(27-16-22(33)7-11-28(27)36-29)12-14-38(30)31(40)42-25-9-5-21(32)6-10-25/h3-11,16,18-19,23,30,36,39H,2,12-15,17H2,1H3/b8-4-,24-3+/t23?,30-/m0/s1. The summed E-state index contributed by atoms with van der Waals surface area (Å²) in [6, 6.07) is 11.8. The van der Waals surface area contributed by atoms with Crippen LogP contribution in [0.2, 0.25) is 10.0 Å². The van der Waals surface area contributed by atoms with Crippen LogP contribution in [-0.2, 0) is 17.7 Å². The Labute approximate surface area is 253 Å². The maximum atomic E-state index is 13.5. The molecule has 9 nitrogen and oxygen atoms in total. The zero-order chi connectivity index (χ0) is 29.6. The first-order valence-corrected chi connectivity index (χ1v) is 14.3. The lowest BCUT2D eigenvalue weighted by atomic mass is 9.93. The number of ether oxygens (including phenoxy) is 2. The number of aromatic amines is 1. The van der Waals surface area contributed by atoms with Crippen molar-refractivity contribution in [3.05, 3.63) is 113 Å². The number of carbonyl (C=O) groups excluding carboxylic acids is 1. The number of nitrogens with zero attached hydrogens (tertiary/aromatic N) is 4. The minimum Gasteiger partial charge on any atom is -0.494 e. The van der Waals surface area contributed by atoms with E-state index in [9.17, 15) is 9.90 Å². The van der Waals surface area contributed by atoms with Gasteiger partial charge in [-0.3, -0.25) is 9.58 Å². The zero-order valence-corrected chi connectivity index (χ0v) is 24.6. The summed E-state index contributed by atoms with van der Waals surface area (Å²) in [5.41, 5.74) is 3.55. The monoisotopic (exact) mass is 607 g/mol. The maximum Gasteiger partial charge on any atom is 0.416 e. The van der Waals surface area contributed by atoms with E-state index in [1.54, 1.807) is 40.2 Å². The molecule has 1 amide bonds. The zero-order valence-electron chi connectivity index (χ0n) is 23.0. The Morgan fingerprint density at radius 2 is 2.00 bits per heavy atom. The number of halogens is 2. The first-order chi connectivity index (χ1) is 20.3. The fourth-order valence-electron chi connectivity index (χ4n) is 4.96. The molecule has 0 spiro atoms. The Balaban J connectivity index is 1.33. The number of aliphatic hydroxyl groups excluding tert-OH is 1. The first-order valence-electron chi connectivity index (χ1n) is 13.5. The molecule has 2 aromatic carbocycles. The molecule has 2 aromatic heterocycles. The van der Waals surface area contributed by atoms with Crippen molar-refractivity contribution in [1.29, 1.82) is 0 Å². The van der Waals surface area contributed by atoms with Crippen LogP contribution in [0.15, 0.2) is 91.3 Å². The van der Waals surface area contributed by atoms with Gasteiger partial charge in [-0.2, -0.15) is 5.10 Å². The molecule has 3 heterocycles. The molecule has 2 N–H and O–H groups in total. The topological polar surface area (TPSA) is 106 Å². The second kappa shape index (κ2) is 13.3. The largest absolute Gasteiger partial charge is 0.494 e. The molecule has 0 radical (unpaired) electrons. The van der Waals surface area contributed by atoms with Crippen molar-refractivity contribution in [2.24, 2.45) is 0 Å². The van der Waals surface area contributed by atoms with Gasteiger partial charge in [0.05, 0.1) is 19.3 Å². The SMILES string of the molecule is C=C(/C=C\C(=C/C)OCCC(O)Cn1cncn1)[C@H]1c2[nH]c3ccc(Cl)cc3c2CCN1C(=O)Oc1ccc(Cl)cc1. The van der Waals surface area contributed by atoms with Crippen LogP contribution in [0.3, 0.4) is 0 Å².